The number of hydrogen-bond donors (Lipinski definition) is 0. The van der Waals surface area contributed by atoms with E-state index in [0.29, 0.717) is 6.61 Å². The van der Waals surface area contributed by atoms with Gasteiger partial charge in [0.25, 0.3) is 0 Å². The maximum atomic E-state index is 6.09. The highest BCUT2D eigenvalue weighted by atomic mass is 79.9. The highest BCUT2D eigenvalue weighted by molar-refractivity contribution is 9.10. The lowest BCUT2D eigenvalue weighted by molar-refractivity contribution is -0.213. The highest BCUT2D eigenvalue weighted by Gasteiger charge is 2.54. The number of rotatable bonds is 5. The van der Waals surface area contributed by atoms with Gasteiger partial charge >= 0.3 is 0 Å². The normalized spacial score (nSPS) is 31.8. The standard InChI is InChI=1S/C17H21BrO5/c1-5-13-14(15-16(21-13)23-17(2,3)22-15)20-9-10-8-11(19-4)6-7-12(10)18/h5-8,13-16H,1,9H2,2-4H3/t13-,14+,15-,16-/m1/s1. The molecule has 0 saturated carbocycles. The summed E-state index contributed by atoms with van der Waals surface area (Å²) in [6.07, 6.45) is 0.510. The zero-order valence-electron chi connectivity index (χ0n) is 13.5. The van der Waals surface area contributed by atoms with Crippen LogP contribution in [0.15, 0.2) is 35.3 Å². The first-order chi connectivity index (χ1) is 10.9. The average molecular weight is 385 g/mol. The van der Waals surface area contributed by atoms with E-state index in [1.54, 1.807) is 13.2 Å². The van der Waals surface area contributed by atoms with Crippen LogP contribution in [0.2, 0.25) is 0 Å². The Hall–Kier alpha value is -0.920. The molecule has 6 heteroatoms. The molecule has 0 radical (unpaired) electrons. The Kier molecular flexibility index (Phi) is 4.80. The van der Waals surface area contributed by atoms with Gasteiger partial charge in [0.1, 0.15) is 24.1 Å². The molecule has 0 amide bonds. The molecule has 0 bridgehead atoms. The number of benzene rings is 1. The lowest BCUT2D eigenvalue weighted by Crippen LogP contribution is -2.36. The van der Waals surface area contributed by atoms with Crippen molar-refractivity contribution in [3.63, 3.8) is 0 Å². The van der Waals surface area contributed by atoms with E-state index in [1.807, 2.05) is 32.0 Å². The van der Waals surface area contributed by atoms with E-state index in [-0.39, 0.29) is 18.3 Å². The lowest BCUT2D eigenvalue weighted by atomic mass is 10.1. The Morgan fingerprint density at radius 2 is 2.13 bits per heavy atom. The van der Waals surface area contributed by atoms with E-state index in [0.717, 1.165) is 15.8 Å². The Morgan fingerprint density at radius 3 is 2.83 bits per heavy atom. The van der Waals surface area contributed by atoms with Crippen LogP contribution in [0.5, 0.6) is 5.75 Å². The van der Waals surface area contributed by atoms with Crippen molar-refractivity contribution in [3.8, 4) is 5.75 Å². The average Bonchev–Trinajstić information content (AvgIpc) is 2.98. The molecular formula is C17H21BrO5. The largest absolute Gasteiger partial charge is 0.497 e. The molecule has 23 heavy (non-hydrogen) atoms. The minimum atomic E-state index is -0.667. The summed E-state index contributed by atoms with van der Waals surface area (Å²) in [6.45, 7) is 7.95. The molecule has 0 spiro atoms. The van der Waals surface area contributed by atoms with Gasteiger partial charge in [-0.2, -0.15) is 0 Å². The Morgan fingerprint density at radius 1 is 1.35 bits per heavy atom. The molecule has 2 fully saturated rings. The Balaban J connectivity index is 1.72. The van der Waals surface area contributed by atoms with Crippen LogP contribution in [0.25, 0.3) is 0 Å². The summed E-state index contributed by atoms with van der Waals surface area (Å²) < 4.78 is 29.8. The van der Waals surface area contributed by atoms with Gasteiger partial charge in [0.15, 0.2) is 12.1 Å². The monoisotopic (exact) mass is 384 g/mol. The summed E-state index contributed by atoms with van der Waals surface area (Å²) in [5.41, 5.74) is 0.994. The van der Waals surface area contributed by atoms with Crippen molar-refractivity contribution in [2.45, 2.75) is 50.8 Å². The van der Waals surface area contributed by atoms with Crippen molar-refractivity contribution < 1.29 is 23.7 Å². The van der Waals surface area contributed by atoms with Crippen molar-refractivity contribution in [1.29, 1.82) is 0 Å². The Labute approximate surface area is 144 Å². The molecule has 2 saturated heterocycles. The van der Waals surface area contributed by atoms with E-state index in [4.69, 9.17) is 23.7 Å². The molecule has 1 aromatic carbocycles. The third kappa shape index (κ3) is 3.46. The van der Waals surface area contributed by atoms with Crippen molar-refractivity contribution >= 4 is 15.9 Å². The van der Waals surface area contributed by atoms with Crippen molar-refractivity contribution in [2.75, 3.05) is 7.11 Å². The van der Waals surface area contributed by atoms with Gasteiger partial charge in [-0.15, -0.1) is 6.58 Å². The first-order valence-corrected chi connectivity index (χ1v) is 8.30. The maximum absolute atomic E-state index is 6.09. The first-order valence-electron chi connectivity index (χ1n) is 7.51. The maximum Gasteiger partial charge on any atom is 0.190 e. The topological polar surface area (TPSA) is 46.2 Å². The highest BCUT2D eigenvalue weighted by Crippen LogP contribution is 2.39. The van der Waals surface area contributed by atoms with Crippen LogP contribution in [0, 0.1) is 0 Å². The minimum Gasteiger partial charge on any atom is -0.497 e. The SMILES string of the molecule is C=C[C@H]1O[C@@H]2OC(C)(C)O[C@@H]2[C@H]1OCc1cc(OC)ccc1Br. The Bertz CT molecular complexity index is 588. The van der Waals surface area contributed by atoms with Crippen LogP contribution in [0.4, 0.5) is 0 Å². The fourth-order valence-corrected chi connectivity index (χ4v) is 3.22. The minimum absolute atomic E-state index is 0.259. The predicted molar refractivity (Wildman–Crippen MR) is 88.2 cm³/mol. The van der Waals surface area contributed by atoms with Crippen molar-refractivity contribution in [3.05, 3.63) is 40.9 Å². The summed E-state index contributed by atoms with van der Waals surface area (Å²) >= 11 is 3.53. The predicted octanol–water partition coefficient (Wildman–Crippen LogP) is 3.41. The number of ether oxygens (including phenoxy) is 5. The summed E-state index contributed by atoms with van der Waals surface area (Å²) in [5, 5.41) is 0. The van der Waals surface area contributed by atoms with E-state index >= 15 is 0 Å². The molecule has 0 aliphatic carbocycles. The lowest BCUT2D eigenvalue weighted by Gasteiger charge is -2.24. The second kappa shape index (κ2) is 6.53. The molecule has 3 rings (SSSR count). The van der Waals surface area contributed by atoms with Gasteiger partial charge in [-0.1, -0.05) is 22.0 Å². The third-order valence-electron chi connectivity index (χ3n) is 3.94. The van der Waals surface area contributed by atoms with Crippen LogP contribution in [0.1, 0.15) is 19.4 Å². The van der Waals surface area contributed by atoms with Gasteiger partial charge in [-0.3, -0.25) is 0 Å². The van der Waals surface area contributed by atoms with Gasteiger partial charge in [-0.25, -0.2) is 0 Å². The molecule has 0 unspecified atom stereocenters. The van der Waals surface area contributed by atoms with Crippen LogP contribution in [0.3, 0.4) is 0 Å². The number of fused-ring (bicyclic) bond motifs is 1. The van der Waals surface area contributed by atoms with Crippen molar-refractivity contribution in [2.24, 2.45) is 0 Å². The summed E-state index contributed by atoms with van der Waals surface area (Å²) in [7, 11) is 1.64. The molecule has 1 aromatic rings. The molecule has 0 N–H and O–H groups in total. The van der Waals surface area contributed by atoms with Gasteiger partial charge in [0.2, 0.25) is 0 Å². The third-order valence-corrected chi connectivity index (χ3v) is 4.72. The van der Waals surface area contributed by atoms with Gasteiger partial charge < -0.3 is 23.7 Å². The molecule has 2 aliphatic rings. The van der Waals surface area contributed by atoms with Crippen LogP contribution >= 0.6 is 15.9 Å². The molecule has 5 nitrogen and oxygen atoms in total. The molecular weight excluding hydrogens is 364 g/mol. The molecule has 0 aromatic heterocycles. The quantitative estimate of drug-likeness (QED) is 0.727. The van der Waals surface area contributed by atoms with E-state index in [9.17, 15) is 0 Å². The van der Waals surface area contributed by atoms with Gasteiger partial charge in [-0.05, 0) is 37.6 Å². The van der Waals surface area contributed by atoms with Crippen molar-refractivity contribution in [1.82, 2.24) is 0 Å². The van der Waals surface area contributed by atoms with Crippen LogP contribution < -0.4 is 4.74 Å². The van der Waals surface area contributed by atoms with Crippen LogP contribution in [-0.2, 0) is 25.6 Å². The second-order valence-electron chi connectivity index (χ2n) is 6.04. The molecule has 126 valence electrons. The van der Waals surface area contributed by atoms with Gasteiger partial charge in [0.05, 0.1) is 13.7 Å². The van der Waals surface area contributed by atoms with Crippen LogP contribution in [-0.4, -0.2) is 37.5 Å². The first kappa shape index (κ1) is 16.9. The smallest absolute Gasteiger partial charge is 0.190 e. The molecule has 4 atom stereocenters. The summed E-state index contributed by atoms with van der Waals surface area (Å²) in [4.78, 5) is 0. The number of hydrogen-bond acceptors (Lipinski definition) is 5. The number of halogens is 1. The molecule has 2 heterocycles. The summed E-state index contributed by atoms with van der Waals surface area (Å²) in [6, 6.07) is 5.77. The van der Waals surface area contributed by atoms with E-state index in [2.05, 4.69) is 22.5 Å². The summed E-state index contributed by atoms with van der Waals surface area (Å²) in [5.74, 6) is 0.119. The fourth-order valence-electron chi connectivity index (χ4n) is 2.86. The van der Waals surface area contributed by atoms with Gasteiger partial charge in [0, 0.05) is 4.47 Å². The second-order valence-corrected chi connectivity index (χ2v) is 6.89. The zero-order chi connectivity index (χ0) is 16.6. The fraction of sp³-hybridized carbons (Fsp3) is 0.529. The number of methoxy groups -OCH3 is 1. The molecule has 2 aliphatic heterocycles. The van der Waals surface area contributed by atoms with E-state index in [1.165, 1.54) is 0 Å². The zero-order valence-corrected chi connectivity index (χ0v) is 15.0. The van der Waals surface area contributed by atoms with E-state index < -0.39 is 12.1 Å².